The highest BCUT2D eigenvalue weighted by molar-refractivity contribution is 5.77. The average molecular weight is 389 g/mol. The molecule has 3 aromatic carbocycles. The van der Waals surface area contributed by atoms with Gasteiger partial charge in [0.25, 0.3) is 5.91 Å². The molecule has 0 atom stereocenters. The van der Waals surface area contributed by atoms with Crippen LogP contribution in [-0.4, -0.2) is 24.4 Å². The molecule has 148 valence electrons. The van der Waals surface area contributed by atoms with Crippen molar-refractivity contribution in [3.05, 3.63) is 95.6 Å². The third-order valence-corrected chi connectivity index (χ3v) is 4.12. The summed E-state index contributed by atoms with van der Waals surface area (Å²) in [5, 5.41) is 10.9. The molecule has 0 aromatic heterocycles. The lowest BCUT2D eigenvalue weighted by atomic mass is 10.1. The minimum absolute atomic E-state index is 0.131. The fourth-order valence-corrected chi connectivity index (χ4v) is 2.57. The molecule has 0 heterocycles. The van der Waals surface area contributed by atoms with E-state index in [1.54, 1.807) is 12.1 Å². The van der Waals surface area contributed by atoms with E-state index in [9.17, 15) is 4.79 Å². The van der Waals surface area contributed by atoms with Crippen molar-refractivity contribution in [1.82, 2.24) is 5.32 Å². The van der Waals surface area contributed by atoms with Gasteiger partial charge < -0.3 is 19.9 Å². The largest absolute Gasteiger partial charge is 0.489 e. The van der Waals surface area contributed by atoms with E-state index in [0.717, 1.165) is 22.4 Å². The maximum atomic E-state index is 11.3. The molecule has 0 spiro atoms. The molecule has 0 saturated heterocycles. The highest BCUT2D eigenvalue weighted by Crippen LogP contribution is 2.17. The number of nitrogens with one attached hydrogen (secondary N) is 1. The van der Waals surface area contributed by atoms with E-state index in [1.807, 2.05) is 78.9 Å². The molecule has 0 bridgehead atoms. The molecule has 5 nitrogen and oxygen atoms in total. The summed E-state index contributed by atoms with van der Waals surface area (Å²) in [7, 11) is 0. The molecule has 3 aromatic rings. The number of hydrogen-bond donors (Lipinski definition) is 2. The van der Waals surface area contributed by atoms with Crippen LogP contribution in [0.4, 0.5) is 0 Å². The summed E-state index contributed by atoms with van der Waals surface area (Å²) >= 11 is 0. The number of amides is 1. The first-order valence-electron chi connectivity index (χ1n) is 9.28. The van der Waals surface area contributed by atoms with Crippen LogP contribution in [0.1, 0.15) is 16.7 Å². The van der Waals surface area contributed by atoms with Gasteiger partial charge in [0.05, 0.1) is 0 Å². The highest BCUT2D eigenvalue weighted by atomic mass is 16.5. The van der Waals surface area contributed by atoms with Crippen LogP contribution in [0, 0.1) is 0 Å². The molecule has 3 rings (SSSR count). The molecule has 0 aliphatic heterocycles. The normalized spacial score (nSPS) is 10.7. The summed E-state index contributed by atoms with van der Waals surface area (Å²) in [5.41, 5.74) is 3.22. The fourth-order valence-electron chi connectivity index (χ4n) is 2.57. The fraction of sp³-hybridized carbons (Fsp3) is 0.125. The van der Waals surface area contributed by atoms with Crippen LogP contribution in [0.15, 0.2) is 78.9 Å². The van der Waals surface area contributed by atoms with Gasteiger partial charge in [-0.25, -0.2) is 0 Å². The predicted molar refractivity (Wildman–Crippen MR) is 113 cm³/mol. The lowest BCUT2D eigenvalue weighted by molar-refractivity contribution is -0.124. The summed E-state index contributed by atoms with van der Waals surface area (Å²) in [6.45, 7) is 0.0204. The molecule has 0 aliphatic carbocycles. The first-order valence-corrected chi connectivity index (χ1v) is 9.28. The van der Waals surface area contributed by atoms with Crippen LogP contribution in [0.2, 0.25) is 0 Å². The van der Waals surface area contributed by atoms with Crippen LogP contribution < -0.4 is 14.8 Å². The Morgan fingerprint density at radius 3 is 1.90 bits per heavy atom. The second-order valence-electron chi connectivity index (χ2n) is 6.29. The Bertz CT molecular complexity index is 919. The molecule has 2 N–H and O–H groups in total. The second kappa shape index (κ2) is 10.7. The van der Waals surface area contributed by atoms with Crippen LogP contribution in [0.3, 0.4) is 0 Å². The van der Waals surface area contributed by atoms with Crippen molar-refractivity contribution in [2.75, 3.05) is 13.3 Å². The third kappa shape index (κ3) is 6.83. The Balaban J connectivity index is 1.49. The maximum Gasteiger partial charge on any atom is 0.259 e. The van der Waals surface area contributed by atoms with E-state index in [1.165, 1.54) is 0 Å². The van der Waals surface area contributed by atoms with Gasteiger partial charge in [-0.1, -0.05) is 66.7 Å². The number of ether oxygens (including phenoxy) is 2. The topological polar surface area (TPSA) is 67.8 Å². The smallest absolute Gasteiger partial charge is 0.259 e. The first kappa shape index (κ1) is 20.2. The minimum Gasteiger partial charge on any atom is -0.489 e. The van der Waals surface area contributed by atoms with Crippen molar-refractivity contribution < 1.29 is 19.4 Å². The Morgan fingerprint density at radius 2 is 1.34 bits per heavy atom. The van der Waals surface area contributed by atoms with Crippen LogP contribution in [0.25, 0.3) is 12.2 Å². The molecular formula is C24H23NO4. The Morgan fingerprint density at radius 1 is 0.793 bits per heavy atom. The Kier molecular flexibility index (Phi) is 7.43. The highest BCUT2D eigenvalue weighted by Gasteiger charge is 2.01. The van der Waals surface area contributed by atoms with E-state index in [-0.39, 0.29) is 12.5 Å². The van der Waals surface area contributed by atoms with Crippen molar-refractivity contribution in [2.45, 2.75) is 6.61 Å². The standard InChI is InChI=1S/C24H23NO4/c26-18-25-24(27)17-29-23-14-10-20(11-15-23)7-6-19-8-12-22(13-9-19)28-16-21-4-2-1-3-5-21/h1-15,26H,16-18H2,(H,25,27)/b7-6+. The number of aliphatic hydroxyl groups is 1. The minimum atomic E-state index is -0.397. The van der Waals surface area contributed by atoms with Crippen LogP contribution >= 0.6 is 0 Å². The third-order valence-electron chi connectivity index (χ3n) is 4.12. The molecule has 0 saturated carbocycles. The zero-order chi connectivity index (χ0) is 20.3. The zero-order valence-electron chi connectivity index (χ0n) is 16.0. The summed E-state index contributed by atoms with van der Waals surface area (Å²) < 4.78 is 11.1. The van der Waals surface area contributed by atoms with Crippen molar-refractivity contribution in [3.63, 3.8) is 0 Å². The van der Waals surface area contributed by atoms with Gasteiger partial charge >= 0.3 is 0 Å². The number of carbonyl (C=O) groups is 1. The lowest BCUT2D eigenvalue weighted by Crippen LogP contribution is -2.29. The van der Waals surface area contributed by atoms with Gasteiger partial charge in [-0.3, -0.25) is 4.79 Å². The van der Waals surface area contributed by atoms with Gasteiger partial charge in [0.2, 0.25) is 0 Å². The van der Waals surface area contributed by atoms with Gasteiger partial charge in [0.1, 0.15) is 24.8 Å². The monoisotopic (exact) mass is 389 g/mol. The van der Waals surface area contributed by atoms with E-state index in [4.69, 9.17) is 14.6 Å². The van der Waals surface area contributed by atoms with Crippen molar-refractivity contribution in [2.24, 2.45) is 0 Å². The van der Waals surface area contributed by atoms with Gasteiger partial charge in [0, 0.05) is 0 Å². The SMILES string of the molecule is O=C(COc1ccc(/C=C/c2ccc(OCc3ccccc3)cc2)cc1)NCO. The van der Waals surface area contributed by atoms with E-state index < -0.39 is 6.73 Å². The first-order chi connectivity index (χ1) is 14.2. The maximum absolute atomic E-state index is 11.3. The van der Waals surface area contributed by atoms with E-state index in [0.29, 0.717) is 12.4 Å². The molecule has 0 aliphatic rings. The predicted octanol–water partition coefficient (Wildman–Crippen LogP) is 3.88. The molecule has 0 unspecified atom stereocenters. The second-order valence-corrected chi connectivity index (χ2v) is 6.29. The van der Waals surface area contributed by atoms with Gasteiger partial charge in [0.15, 0.2) is 6.61 Å². The van der Waals surface area contributed by atoms with Gasteiger partial charge in [-0.05, 0) is 41.0 Å². The van der Waals surface area contributed by atoms with E-state index in [2.05, 4.69) is 5.32 Å². The molecule has 5 heteroatoms. The van der Waals surface area contributed by atoms with Crippen molar-refractivity contribution in [3.8, 4) is 11.5 Å². The molecule has 1 amide bonds. The Hall–Kier alpha value is -3.57. The van der Waals surface area contributed by atoms with Gasteiger partial charge in [-0.15, -0.1) is 0 Å². The molecule has 29 heavy (non-hydrogen) atoms. The number of hydrogen-bond acceptors (Lipinski definition) is 4. The lowest BCUT2D eigenvalue weighted by Gasteiger charge is -2.06. The number of rotatable bonds is 9. The Labute approximate surface area is 170 Å². The number of benzene rings is 3. The summed E-state index contributed by atoms with van der Waals surface area (Å²) in [4.78, 5) is 11.3. The van der Waals surface area contributed by atoms with Crippen LogP contribution in [0.5, 0.6) is 11.5 Å². The van der Waals surface area contributed by atoms with E-state index >= 15 is 0 Å². The van der Waals surface area contributed by atoms with Crippen molar-refractivity contribution in [1.29, 1.82) is 0 Å². The summed E-state index contributed by atoms with van der Waals surface area (Å²) in [6.07, 6.45) is 4.02. The summed E-state index contributed by atoms with van der Waals surface area (Å²) in [6, 6.07) is 25.4. The molecule has 0 fully saturated rings. The van der Waals surface area contributed by atoms with Gasteiger partial charge in [-0.2, -0.15) is 0 Å². The number of carbonyl (C=O) groups excluding carboxylic acids is 1. The van der Waals surface area contributed by atoms with Crippen molar-refractivity contribution >= 4 is 18.1 Å². The summed E-state index contributed by atoms with van der Waals surface area (Å²) in [5.74, 6) is 1.06. The van der Waals surface area contributed by atoms with Crippen LogP contribution in [-0.2, 0) is 11.4 Å². The molecular weight excluding hydrogens is 366 g/mol. The number of aliphatic hydroxyl groups excluding tert-OH is 1. The average Bonchev–Trinajstić information content (AvgIpc) is 2.77. The molecule has 0 radical (unpaired) electrons. The quantitative estimate of drug-likeness (QED) is 0.431. The zero-order valence-corrected chi connectivity index (χ0v) is 16.0.